The van der Waals surface area contributed by atoms with Gasteiger partial charge >= 0.3 is 13.6 Å². The van der Waals surface area contributed by atoms with Crippen molar-refractivity contribution in [3.8, 4) is 12.3 Å². The largest absolute Gasteiger partial charge is 0.480 e. The van der Waals surface area contributed by atoms with Crippen molar-refractivity contribution in [2.45, 2.75) is 51.5 Å². The molecule has 6 N–H and O–H groups in total. The number of aliphatic carboxylic acids is 1. The van der Waals surface area contributed by atoms with Crippen molar-refractivity contribution in [1.29, 1.82) is 0 Å². The summed E-state index contributed by atoms with van der Waals surface area (Å²) in [6.07, 6.45) is 8.37. The zero-order chi connectivity index (χ0) is 30.0. The van der Waals surface area contributed by atoms with Gasteiger partial charge < -0.3 is 30.9 Å². The number of rotatable bonds is 15. The molecule has 0 aliphatic heterocycles. The van der Waals surface area contributed by atoms with Crippen LogP contribution in [0.3, 0.4) is 0 Å². The molecule has 0 spiro atoms. The summed E-state index contributed by atoms with van der Waals surface area (Å²) in [5, 5.41) is 12.2. The maximum atomic E-state index is 12.8. The minimum Gasteiger partial charge on any atom is -0.480 e. The third-order valence-corrected chi connectivity index (χ3v) is 8.31. The summed E-state index contributed by atoms with van der Waals surface area (Å²) in [5.74, 6) is 0.916. The predicted molar refractivity (Wildman–Crippen MR) is 154 cm³/mol. The molecule has 1 amide bonds. The van der Waals surface area contributed by atoms with E-state index in [2.05, 4.69) is 31.2 Å². The summed E-state index contributed by atoms with van der Waals surface area (Å²) in [5.41, 5.74) is 14.0. The van der Waals surface area contributed by atoms with Crippen molar-refractivity contribution in [3.05, 3.63) is 47.3 Å². The number of hydrogen-bond donors (Lipinski definition) is 4. The van der Waals surface area contributed by atoms with Gasteiger partial charge in [-0.05, 0) is 50.8 Å². The van der Waals surface area contributed by atoms with Crippen LogP contribution in [0.15, 0.2) is 30.5 Å². The van der Waals surface area contributed by atoms with Gasteiger partial charge in [-0.1, -0.05) is 12.1 Å². The first-order valence-corrected chi connectivity index (χ1v) is 14.8. The van der Waals surface area contributed by atoms with Crippen LogP contribution in [0.5, 0.6) is 0 Å². The highest BCUT2D eigenvalue weighted by molar-refractivity contribution is 7.53. The number of nitrogen functional groups attached to an aromatic ring is 2. The Morgan fingerprint density at radius 3 is 2.41 bits per heavy atom. The Balaban J connectivity index is 1.67. The molecule has 2 aromatic heterocycles. The van der Waals surface area contributed by atoms with Gasteiger partial charge in [-0.3, -0.25) is 9.36 Å². The van der Waals surface area contributed by atoms with Crippen LogP contribution in [-0.4, -0.2) is 62.3 Å². The second-order valence-corrected chi connectivity index (χ2v) is 11.3. The Morgan fingerprint density at radius 1 is 1.12 bits per heavy atom. The molecule has 3 aromatic rings. The molecule has 1 unspecified atom stereocenters. The number of anilines is 2. The van der Waals surface area contributed by atoms with Gasteiger partial charge in [0.1, 0.15) is 6.04 Å². The van der Waals surface area contributed by atoms with E-state index in [4.69, 9.17) is 26.9 Å². The smallest absolute Gasteiger partial charge is 0.330 e. The number of carboxylic acids is 1. The van der Waals surface area contributed by atoms with Crippen LogP contribution in [0, 0.1) is 12.3 Å². The average molecular weight is 584 g/mol. The Morgan fingerprint density at radius 2 is 1.80 bits per heavy atom. The van der Waals surface area contributed by atoms with E-state index in [0.29, 0.717) is 29.7 Å². The highest BCUT2D eigenvalue weighted by atomic mass is 31.2. The fraction of sp³-hybridized carbons (Fsp3) is 0.407. The topological polar surface area (TPSA) is 206 Å². The lowest BCUT2D eigenvalue weighted by Crippen LogP contribution is -2.40. The number of terminal acetylenes is 1. The van der Waals surface area contributed by atoms with Gasteiger partial charge in [-0.25, -0.2) is 14.8 Å². The zero-order valence-corrected chi connectivity index (χ0v) is 23.8. The SMILES string of the molecule is C#CCC(Cc1cnc2nc(N)nc(N)c2n1)c1ccc(C(=O)N[C@@H](CCCP(=O)(OCC)OCC)C(=O)O)cc1. The normalized spacial score (nSPS) is 12.9. The van der Waals surface area contributed by atoms with Gasteiger partial charge in [0.25, 0.3) is 5.91 Å². The molecule has 0 saturated carbocycles. The first kappa shape index (κ1) is 31.4. The number of benzene rings is 1. The van der Waals surface area contributed by atoms with E-state index in [1.165, 1.54) is 0 Å². The molecule has 0 aliphatic rings. The Labute approximate surface area is 238 Å². The van der Waals surface area contributed by atoms with Crippen LogP contribution in [0.4, 0.5) is 11.8 Å². The van der Waals surface area contributed by atoms with Crippen molar-refractivity contribution in [2.75, 3.05) is 30.8 Å². The van der Waals surface area contributed by atoms with Gasteiger partial charge in [0, 0.05) is 17.9 Å². The molecule has 14 heteroatoms. The molecule has 0 fully saturated rings. The van der Waals surface area contributed by atoms with Crippen LogP contribution >= 0.6 is 7.60 Å². The molecule has 0 aliphatic carbocycles. The fourth-order valence-electron chi connectivity index (χ4n) is 4.24. The molecule has 2 heterocycles. The number of fused-ring (bicyclic) bond motifs is 1. The minimum atomic E-state index is -3.31. The number of carboxylic acid groups (broad SMARTS) is 1. The van der Waals surface area contributed by atoms with Gasteiger partial charge in [0.2, 0.25) is 5.95 Å². The highest BCUT2D eigenvalue weighted by Gasteiger charge is 2.26. The standard InChI is InChI=1S/C27H34N7O6P/c1-4-8-19(15-20-16-30-24-22(31-20)23(28)33-27(29)34-24)17-10-12-18(13-11-17)25(35)32-21(26(36)37)9-7-14-41(38,39-5-2)40-6-3/h1,10-13,16,19,21H,5-9,14-15H2,2-3H3,(H,32,35)(H,36,37)(H4,28,29,30,33,34)/t19?,21-/m0/s1. The Bertz CT molecular complexity index is 1450. The second-order valence-electron chi connectivity index (χ2n) is 9.11. The molecular formula is C27H34N7O6P. The molecule has 0 saturated heterocycles. The minimum absolute atomic E-state index is 0.00928. The molecule has 41 heavy (non-hydrogen) atoms. The summed E-state index contributed by atoms with van der Waals surface area (Å²) < 4.78 is 23.1. The van der Waals surface area contributed by atoms with Crippen LogP contribution in [0.2, 0.25) is 0 Å². The maximum Gasteiger partial charge on any atom is 0.330 e. The number of carbonyl (C=O) groups is 2. The number of nitrogens with one attached hydrogen (secondary N) is 1. The molecule has 218 valence electrons. The number of nitrogens with two attached hydrogens (primary N) is 2. The Hall–Kier alpha value is -4.11. The zero-order valence-electron chi connectivity index (χ0n) is 22.9. The lowest BCUT2D eigenvalue weighted by molar-refractivity contribution is -0.139. The first-order chi connectivity index (χ1) is 19.6. The van der Waals surface area contributed by atoms with Crippen molar-refractivity contribution < 1.29 is 28.3 Å². The van der Waals surface area contributed by atoms with Crippen molar-refractivity contribution in [2.24, 2.45) is 0 Å². The molecule has 0 radical (unpaired) electrons. The summed E-state index contributed by atoms with van der Waals surface area (Å²) in [4.78, 5) is 41.4. The summed E-state index contributed by atoms with van der Waals surface area (Å²) in [7, 11) is -3.31. The first-order valence-electron chi connectivity index (χ1n) is 13.1. The van der Waals surface area contributed by atoms with E-state index in [9.17, 15) is 19.3 Å². The molecular weight excluding hydrogens is 549 g/mol. The fourth-order valence-corrected chi connectivity index (χ4v) is 5.93. The lowest BCUT2D eigenvalue weighted by Gasteiger charge is -2.19. The molecule has 3 rings (SSSR count). The third-order valence-electron chi connectivity index (χ3n) is 6.14. The van der Waals surface area contributed by atoms with E-state index in [1.54, 1.807) is 44.3 Å². The number of amides is 1. The monoisotopic (exact) mass is 583 g/mol. The van der Waals surface area contributed by atoms with E-state index in [0.717, 1.165) is 5.56 Å². The number of hydrogen-bond acceptors (Lipinski definition) is 11. The van der Waals surface area contributed by atoms with E-state index in [-0.39, 0.29) is 55.5 Å². The average Bonchev–Trinajstić information content (AvgIpc) is 2.92. The molecule has 0 bridgehead atoms. The van der Waals surface area contributed by atoms with E-state index < -0.39 is 25.5 Å². The van der Waals surface area contributed by atoms with Gasteiger partial charge in [0.15, 0.2) is 17.0 Å². The van der Waals surface area contributed by atoms with Crippen LogP contribution in [-0.2, 0) is 24.8 Å². The highest BCUT2D eigenvalue weighted by Crippen LogP contribution is 2.48. The van der Waals surface area contributed by atoms with Crippen molar-refractivity contribution in [3.63, 3.8) is 0 Å². The number of carbonyl (C=O) groups excluding carboxylic acids is 1. The van der Waals surface area contributed by atoms with Gasteiger partial charge in [0.05, 0.1) is 31.3 Å². The van der Waals surface area contributed by atoms with Crippen molar-refractivity contribution >= 4 is 42.4 Å². The summed E-state index contributed by atoms with van der Waals surface area (Å²) in [6, 6.07) is 5.56. The third kappa shape index (κ3) is 8.69. The van der Waals surface area contributed by atoms with Crippen LogP contribution < -0.4 is 16.8 Å². The summed E-state index contributed by atoms with van der Waals surface area (Å²) in [6.45, 7) is 3.82. The predicted octanol–water partition coefficient (Wildman–Crippen LogP) is 3.16. The van der Waals surface area contributed by atoms with Crippen LogP contribution in [0.25, 0.3) is 11.2 Å². The van der Waals surface area contributed by atoms with Crippen molar-refractivity contribution in [1.82, 2.24) is 25.3 Å². The quantitative estimate of drug-likeness (QED) is 0.150. The Kier molecular flexibility index (Phi) is 11.1. The van der Waals surface area contributed by atoms with Gasteiger partial charge in [-0.15, -0.1) is 12.3 Å². The van der Waals surface area contributed by atoms with E-state index >= 15 is 0 Å². The maximum absolute atomic E-state index is 12.8. The molecule has 13 nitrogen and oxygen atoms in total. The number of aromatic nitrogens is 4. The van der Waals surface area contributed by atoms with Crippen LogP contribution in [0.1, 0.15) is 60.6 Å². The number of nitrogens with zero attached hydrogens (tertiary/aromatic N) is 4. The molecule has 2 atom stereocenters. The molecule has 1 aromatic carbocycles. The van der Waals surface area contributed by atoms with E-state index in [1.807, 2.05) is 0 Å². The lowest BCUT2D eigenvalue weighted by atomic mass is 9.91. The summed E-state index contributed by atoms with van der Waals surface area (Å²) >= 11 is 0. The second kappa shape index (κ2) is 14.5. The van der Waals surface area contributed by atoms with Gasteiger partial charge in [-0.2, -0.15) is 9.97 Å².